The summed E-state index contributed by atoms with van der Waals surface area (Å²) >= 11 is 0. The standard InChI is InChI=1S/C23H30N6O2/c1-4-31-21(30)20-17-19(28-29(20)12-8-11-24)18-15(13-23(17,2)3)14-25-22(27-18)26-16-9-6-5-7-10-16/h5-7,9-10,14,20,28H,4,8,11-13,24H2,1-3H3,(H,25,26,27). The summed E-state index contributed by atoms with van der Waals surface area (Å²) in [6.45, 7) is 7.66. The number of esters is 1. The molecule has 0 radical (unpaired) electrons. The molecule has 4 rings (SSSR count). The number of rotatable bonds is 7. The highest BCUT2D eigenvalue weighted by atomic mass is 16.5. The molecule has 1 aromatic carbocycles. The number of nitrogens with zero attached hydrogens (tertiary/aromatic N) is 3. The van der Waals surface area contributed by atoms with Gasteiger partial charge in [-0.3, -0.25) is 0 Å². The molecule has 31 heavy (non-hydrogen) atoms. The lowest BCUT2D eigenvalue weighted by atomic mass is 9.71. The van der Waals surface area contributed by atoms with Crippen LogP contribution in [0.25, 0.3) is 5.70 Å². The summed E-state index contributed by atoms with van der Waals surface area (Å²) in [6.07, 6.45) is 3.39. The van der Waals surface area contributed by atoms with E-state index in [1.54, 1.807) is 0 Å². The van der Waals surface area contributed by atoms with Crippen molar-refractivity contribution >= 4 is 23.3 Å². The van der Waals surface area contributed by atoms with Gasteiger partial charge in [0.15, 0.2) is 6.04 Å². The number of ether oxygens (including phenoxy) is 1. The fourth-order valence-corrected chi connectivity index (χ4v) is 4.40. The van der Waals surface area contributed by atoms with Crippen LogP contribution >= 0.6 is 0 Å². The molecule has 0 spiro atoms. The van der Waals surface area contributed by atoms with Gasteiger partial charge in [0.2, 0.25) is 5.95 Å². The number of nitrogens with two attached hydrogens (primary N) is 1. The van der Waals surface area contributed by atoms with Gasteiger partial charge in [0, 0.05) is 18.4 Å². The Kier molecular flexibility index (Phi) is 5.93. The third-order valence-corrected chi connectivity index (χ3v) is 5.72. The number of hydrogen-bond acceptors (Lipinski definition) is 8. The minimum Gasteiger partial charge on any atom is -0.465 e. The van der Waals surface area contributed by atoms with Gasteiger partial charge in [-0.05, 0) is 55.0 Å². The number of hydrogen-bond donors (Lipinski definition) is 3. The molecule has 1 aliphatic carbocycles. The van der Waals surface area contributed by atoms with Crippen LogP contribution in [-0.2, 0) is 16.0 Å². The fourth-order valence-electron chi connectivity index (χ4n) is 4.40. The van der Waals surface area contributed by atoms with E-state index in [0.29, 0.717) is 25.6 Å². The predicted octanol–water partition coefficient (Wildman–Crippen LogP) is 2.61. The number of para-hydroxylation sites is 1. The molecule has 0 bridgehead atoms. The van der Waals surface area contributed by atoms with Crippen molar-refractivity contribution in [2.75, 3.05) is 25.0 Å². The van der Waals surface area contributed by atoms with Crippen molar-refractivity contribution in [3.05, 3.63) is 53.4 Å². The predicted molar refractivity (Wildman–Crippen MR) is 120 cm³/mol. The Hall–Kier alpha value is -2.97. The molecule has 0 saturated carbocycles. The molecule has 4 N–H and O–H groups in total. The summed E-state index contributed by atoms with van der Waals surface area (Å²) in [4.78, 5) is 22.3. The first-order valence-corrected chi connectivity index (χ1v) is 10.8. The lowest BCUT2D eigenvalue weighted by Gasteiger charge is -2.34. The SMILES string of the molecule is CCOC(=O)C1C2=C(NN1CCCN)c1nc(Nc3ccccc3)ncc1CC2(C)C. The van der Waals surface area contributed by atoms with E-state index in [-0.39, 0.29) is 11.4 Å². The topological polar surface area (TPSA) is 105 Å². The zero-order chi connectivity index (χ0) is 22.0. The largest absolute Gasteiger partial charge is 0.465 e. The molecule has 0 saturated heterocycles. The first-order chi connectivity index (χ1) is 14.9. The van der Waals surface area contributed by atoms with Crippen LogP contribution < -0.4 is 16.5 Å². The second-order valence-electron chi connectivity index (χ2n) is 8.51. The zero-order valence-corrected chi connectivity index (χ0v) is 18.3. The average molecular weight is 423 g/mol. The Morgan fingerprint density at radius 1 is 1.35 bits per heavy atom. The summed E-state index contributed by atoms with van der Waals surface area (Å²) in [6, 6.07) is 9.33. The maximum Gasteiger partial charge on any atom is 0.329 e. The third-order valence-electron chi connectivity index (χ3n) is 5.72. The smallest absolute Gasteiger partial charge is 0.329 e. The number of nitrogens with one attached hydrogen (secondary N) is 2. The van der Waals surface area contributed by atoms with Gasteiger partial charge >= 0.3 is 5.97 Å². The number of anilines is 2. The number of carbonyl (C=O) groups is 1. The Balaban J connectivity index is 1.75. The van der Waals surface area contributed by atoms with Gasteiger partial charge in [0.25, 0.3) is 0 Å². The fraction of sp³-hybridized carbons (Fsp3) is 0.435. The Bertz CT molecular complexity index is 989. The quantitative estimate of drug-likeness (QED) is 0.585. The van der Waals surface area contributed by atoms with E-state index >= 15 is 0 Å². The number of aromatic nitrogens is 2. The summed E-state index contributed by atoms with van der Waals surface area (Å²) in [5.74, 6) is 0.275. The van der Waals surface area contributed by atoms with Crippen molar-refractivity contribution in [2.24, 2.45) is 11.1 Å². The lowest BCUT2D eigenvalue weighted by Crippen LogP contribution is -2.47. The van der Waals surface area contributed by atoms with E-state index in [4.69, 9.17) is 15.5 Å². The molecule has 1 atom stereocenters. The van der Waals surface area contributed by atoms with Crippen molar-refractivity contribution < 1.29 is 9.53 Å². The van der Waals surface area contributed by atoms with Gasteiger partial charge in [-0.15, -0.1) is 0 Å². The molecule has 2 aliphatic rings. The van der Waals surface area contributed by atoms with Crippen LogP contribution in [0.1, 0.15) is 38.4 Å². The van der Waals surface area contributed by atoms with Gasteiger partial charge < -0.3 is 21.2 Å². The van der Waals surface area contributed by atoms with Crippen LogP contribution in [0.5, 0.6) is 0 Å². The van der Waals surface area contributed by atoms with Crippen molar-refractivity contribution in [3.8, 4) is 0 Å². The van der Waals surface area contributed by atoms with Crippen LogP contribution in [0.15, 0.2) is 42.1 Å². The molecule has 1 unspecified atom stereocenters. The first kappa shape index (κ1) is 21.3. The molecule has 0 fully saturated rings. The number of carbonyl (C=O) groups excluding carboxylic acids is 1. The van der Waals surface area contributed by atoms with E-state index in [0.717, 1.165) is 41.1 Å². The van der Waals surface area contributed by atoms with Crippen molar-refractivity contribution in [1.82, 2.24) is 20.4 Å². The zero-order valence-electron chi connectivity index (χ0n) is 18.3. The second kappa shape index (κ2) is 8.64. The van der Waals surface area contributed by atoms with Gasteiger partial charge in [0.1, 0.15) is 0 Å². The van der Waals surface area contributed by atoms with Crippen LogP contribution in [0, 0.1) is 5.41 Å². The third kappa shape index (κ3) is 4.13. The number of benzene rings is 1. The molecule has 2 aromatic rings. The van der Waals surface area contributed by atoms with E-state index in [1.807, 2.05) is 48.5 Å². The normalized spacial score (nSPS) is 19.4. The van der Waals surface area contributed by atoms with Crippen LogP contribution in [0.3, 0.4) is 0 Å². The highest BCUT2D eigenvalue weighted by Gasteiger charge is 2.48. The maximum atomic E-state index is 13.0. The van der Waals surface area contributed by atoms with Crippen LogP contribution in [0.4, 0.5) is 11.6 Å². The van der Waals surface area contributed by atoms with Gasteiger partial charge in [-0.25, -0.2) is 19.8 Å². The van der Waals surface area contributed by atoms with Crippen molar-refractivity contribution in [2.45, 2.75) is 39.7 Å². The van der Waals surface area contributed by atoms with Crippen LogP contribution in [-0.4, -0.2) is 46.7 Å². The number of fused-ring (bicyclic) bond motifs is 2. The van der Waals surface area contributed by atoms with E-state index in [2.05, 4.69) is 29.6 Å². The van der Waals surface area contributed by atoms with Crippen LogP contribution in [0.2, 0.25) is 0 Å². The highest BCUT2D eigenvalue weighted by Crippen LogP contribution is 2.46. The Morgan fingerprint density at radius 2 is 2.13 bits per heavy atom. The molecule has 8 nitrogen and oxygen atoms in total. The molecule has 0 amide bonds. The monoisotopic (exact) mass is 422 g/mol. The molecule has 1 aromatic heterocycles. The van der Waals surface area contributed by atoms with Crippen molar-refractivity contribution in [1.29, 1.82) is 0 Å². The van der Waals surface area contributed by atoms with E-state index < -0.39 is 6.04 Å². The molecular formula is C23H30N6O2. The molecule has 8 heteroatoms. The summed E-state index contributed by atoms with van der Waals surface area (Å²) in [5.41, 5.74) is 13.6. The van der Waals surface area contributed by atoms with Gasteiger partial charge in [0.05, 0.1) is 18.0 Å². The summed E-state index contributed by atoms with van der Waals surface area (Å²) < 4.78 is 5.44. The van der Waals surface area contributed by atoms with Gasteiger partial charge in [-0.1, -0.05) is 32.0 Å². The minimum absolute atomic E-state index is 0.245. The van der Waals surface area contributed by atoms with E-state index in [9.17, 15) is 4.79 Å². The maximum absolute atomic E-state index is 13.0. The first-order valence-electron chi connectivity index (χ1n) is 10.8. The Morgan fingerprint density at radius 3 is 2.84 bits per heavy atom. The second-order valence-corrected chi connectivity index (χ2v) is 8.51. The highest BCUT2D eigenvalue weighted by molar-refractivity contribution is 5.87. The molecular weight excluding hydrogens is 392 g/mol. The minimum atomic E-state index is -0.495. The summed E-state index contributed by atoms with van der Waals surface area (Å²) in [5, 5.41) is 5.20. The molecule has 164 valence electrons. The average Bonchev–Trinajstić information content (AvgIpc) is 3.15. The number of hydrazine groups is 1. The van der Waals surface area contributed by atoms with E-state index in [1.165, 1.54) is 0 Å². The van der Waals surface area contributed by atoms with Gasteiger partial charge in [-0.2, -0.15) is 0 Å². The molecule has 2 heterocycles. The summed E-state index contributed by atoms with van der Waals surface area (Å²) in [7, 11) is 0. The Labute approximate surface area is 182 Å². The molecule has 1 aliphatic heterocycles. The lowest BCUT2D eigenvalue weighted by molar-refractivity contribution is -0.148. The van der Waals surface area contributed by atoms with Crippen molar-refractivity contribution in [3.63, 3.8) is 0 Å².